The first-order valence-corrected chi connectivity index (χ1v) is 13.7. The van der Waals surface area contributed by atoms with E-state index in [4.69, 9.17) is 20.2 Å². The summed E-state index contributed by atoms with van der Waals surface area (Å²) >= 11 is 0. The highest BCUT2D eigenvalue weighted by Crippen LogP contribution is 2.48. The van der Waals surface area contributed by atoms with Crippen LogP contribution in [0.15, 0.2) is 33.9 Å². The molecule has 0 radical (unpaired) electrons. The zero-order valence-electron chi connectivity index (χ0n) is 21.0. The highest BCUT2D eigenvalue weighted by Gasteiger charge is 2.23. The second kappa shape index (κ2) is 12.7. The zero-order valence-corrected chi connectivity index (χ0v) is 21.9. The fraction of sp³-hybridized carbons (Fsp3) is 0.480. The van der Waals surface area contributed by atoms with Crippen LogP contribution in [0.5, 0.6) is 5.75 Å². The van der Waals surface area contributed by atoms with Crippen molar-refractivity contribution in [3.05, 3.63) is 56.5 Å². The standard InChI is InChI=1S/C25H33N4O6P/c1-5-16-29-24(30)22-23(27-21(26-22)15-12-19-10-13-20(33-4)14-11-19)28(25(29)31)17-8-9-18-36(32,34-6-2)35-7-3/h1,10-11,13-14H,6-9,12,15-18H2,2-4H3,(H,26,27). The van der Waals surface area contributed by atoms with Gasteiger partial charge in [-0.25, -0.2) is 14.3 Å². The Kier molecular flexibility index (Phi) is 9.71. The molecule has 2 heterocycles. The number of nitrogens with zero attached hydrogens (tertiary/aromatic N) is 3. The highest BCUT2D eigenvalue weighted by molar-refractivity contribution is 7.53. The molecule has 0 saturated carbocycles. The molecule has 0 unspecified atom stereocenters. The number of unbranched alkanes of at least 4 members (excludes halogenated alkanes) is 1. The van der Waals surface area contributed by atoms with Crippen molar-refractivity contribution < 1.29 is 18.3 Å². The van der Waals surface area contributed by atoms with Crippen LogP contribution in [0.3, 0.4) is 0 Å². The molecular formula is C25H33N4O6P. The van der Waals surface area contributed by atoms with Gasteiger partial charge in [0.05, 0.1) is 33.0 Å². The van der Waals surface area contributed by atoms with Crippen LogP contribution in [0.2, 0.25) is 0 Å². The second-order valence-electron chi connectivity index (χ2n) is 8.14. The number of aromatic amines is 1. The van der Waals surface area contributed by atoms with Gasteiger partial charge in [-0.1, -0.05) is 18.1 Å². The van der Waals surface area contributed by atoms with E-state index < -0.39 is 18.8 Å². The third-order valence-electron chi connectivity index (χ3n) is 5.68. The number of aromatic nitrogens is 4. The molecule has 0 aliphatic carbocycles. The number of benzene rings is 1. The Labute approximate surface area is 210 Å². The highest BCUT2D eigenvalue weighted by atomic mass is 31.2. The van der Waals surface area contributed by atoms with Crippen molar-refractivity contribution in [2.45, 2.75) is 52.6 Å². The molecule has 0 saturated heterocycles. The number of hydrogen-bond acceptors (Lipinski definition) is 7. The summed E-state index contributed by atoms with van der Waals surface area (Å²) < 4.78 is 31.1. The van der Waals surface area contributed by atoms with Gasteiger partial charge < -0.3 is 18.8 Å². The maximum atomic E-state index is 13.1. The van der Waals surface area contributed by atoms with Gasteiger partial charge in [0.15, 0.2) is 5.65 Å². The van der Waals surface area contributed by atoms with Crippen molar-refractivity contribution in [2.24, 2.45) is 0 Å². The largest absolute Gasteiger partial charge is 0.497 e. The molecule has 36 heavy (non-hydrogen) atoms. The lowest BCUT2D eigenvalue weighted by molar-refractivity contribution is 0.219. The van der Waals surface area contributed by atoms with Crippen LogP contribution in [0, 0.1) is 12.3 Å². The summed E-state index contributed by atoms with van der Waals surface area (Å²) in [6, 6.07) is 7.72. The van der Waals surface area contributed by atoms with Gasteiger partial charge in [0.25, 0.3) is 5.56 Å². The molecule has 0 bridgehead atoms. The first kappa shape index (κ1) is 27.5. The van der Waals surface area contributed by atoms with Crippen LogP contribution in [-0.2, 0) is 39.5 Å². The van der Waals surface area contributed by atoms with E-state index in [1.54, 1.807) is 21.0 Å². The predicted octanol–water partition coefficient (Wildman–Crippen LogP) is 3.36. The second-order valence-corrected chi connectivity index (χ2v) is 10.3. The van der Waals surface area contributed by atoms with Crippen molar-refractivity contribution in [1.29, 1.82) is 0 Å². The van der Waals surface area contributed by atoms with E-state index >= 15 is 0 Å². The van der Waals surface area contributed by atoms with E-state index in [0.29, 0.717) is 50.4 Å². The summed E-state index contributed by atoms with van der Waals surface area (Å²) in [5.41, 5.74) is 0.608. The van der Waals surface area contributed by atoms with E-state index in [9.17, 15) is 14.2 Å². The van der Waals surface area contributed by atoms with Gasteiger partial charge in [-0.15, -0.1) is 6.42 Å². The summed E-state index contributed by atoms with van der Waals surface area (Å²) in [6.45, 7) is 4.25. The number of terminal acetylenes is 1. The summed E-state index contributed by atoms with van der Waals surface area (Å²) in [7, 11) is -1.55. The molecule has 0 fully saturated rings. The van der Waals surface area contributed by atoms with Gasteiger partial charge in [0.2, 0.25) is 0 Å². The van der Waals surface area contributed by atoms with Gasteiger partial charge >= 0.3 is 13.3 Å². The molecule has 11 heteroatoms. The lowest BCUT2D eigenvalue weighted by atomic mass is 10.1. The molecule has 0 aliphatic rings. The molecule has 1 N–H and O–H groups in total. The van der Waals surface area contributed by atoms with Crippen LogP contribution < -0.4 is 16.0 Å². The van der Waals surface area contributed by atoms with Crippen LogP contribution in [0.25, 0.3) is 11.2 Å². The zero-order chi connectivity index (χ0) is 26.1. The van der Waals surface area contributed by atoms with Crippen LogP contribution in [0.4, 0.5) is 0 Å². The van der Waals surface area contributed by atoms with Gasteiger partial charge in [-0.05, 0) is 50.8 Å². The van der Waals surface area contributed by atoms with Gasteiger partial charge in [-0.3, -0.25) is 13.9 Å². The first-order valence-electron chi connectivity index (χ1n) is 12.0. The quantitative estimate of drug-likeness (QED) is 0.198. The topological polar surface area (TPSA) is 117 Å². The number of nitrogens with one attached hydrogen (secondary N) is 1. The fourth-order valence-corrected chi connectivity index (χ4v) is 5.69. The Hall–Kier alpha value is -3.12. The molecule has 3 rings (SSSR count). The maximum Gasteiger partial charge on any atom is 0.333 e. The number of ether oxygens (including phenoxy) is 1. The molecule has 194 valence electrons. The third-order valence-corrected chi connectivity index (χ3v) is 7.85. The number of fused-ring (bicyclic) bond motifs is 1. The fourth-order valence-electron chi connectivity index (χ4n) is 3.96. The molecule has 2 aromatic heterocycles. The average Bonchev–Trinajstić information content (AvgIpc) is 3.30. The van der Waals surface area contributed by atoms with Gasteiger partial charge in [0.1, 0.15) is 17.1 Å². The van der Waals surface area contributed by atoms with Crippen molar-refractivity contribution in [3.8, 4) is 18.1 Å². The molecule has 0 amide bonds. The van der Waals surface area contributed by atoms with E-state index in [-0.39, 0.29) is 24.8 Å². The van der Waals surface area contributed by atoms with Crippen LogP contribution >= 0.6 is 7.60 Å². The monoisotopic (exact) mass is 516 g/mol. The average molecular weight is 517 g/mol. The lowest BCUT2D eigenvalue weighted by Gasteiger charge is -2.17. The molecule has 10 nitrogen and oxygen atoms in total. The van der Waals surface area contributed by atoms with Crippen molar-refractivity contribution in [2.75, 3.05) is 26.5 Å². The van der Waals surface area contributed by atoms with Crippen molar-refractivity contribution in [3.63, 3.8) is 0 Å². The molecule has 3 aromatic rings. The smallest absolute Gasteiger partial charge is 0.333 e. The Morgan fingerprint density at radius 1 is 1.06 bits per heavy atom. The summed E-state index contributed by atoms with van der Waals surface area (Å²) in [6.07, 6.45) is 7.91. The van der Waals surface area contributed by atoms with Gasteiger partial charge in [0, 0.05) is 13.0 Å². The van der Waals surface area contributed by atoms with Crippen LogP contribution in [-0.4, -0.2) is 45.6 Å². The number of methoxy groups -OCH3 is 1. The third kappa shape index (κ3) is 6.55. The Morgan fingerprint density at radius 3 is 2.36 bits per heavy atom. The van der Waals surface area contributed by atoms with E-state index in [1.165, 1.54) is 4.57 Å². The summed E-state index contributed by atoms with van der Waals surface area (Å²) in [5.74, 6) is 3.75. The Bertz CT molecular complexity index is 1360. The Balaban J connectivity index is 1.83. The molecule has 1 aromatic carbocycles. The van der Waals surface area contributed by atoms with E-state index in [0.717, 1.165) is 15.9 Å². The maximum absolute atomic E-state index is 13.1. The number of hydrogen-bond donors (Lipinski definition) is 1. The van der Waals surface area contributed by atoms with Crippen molar-refractivity contribution >= 4 is 18.8 Å². The normalized spacial score (nSPS) is 11.6. The minimum absolute atomic E-state index is 0.141. The van der Waals surface area contributed by atoms with Crippen molar-refractivity contribution in [1.82, 2.24) is 19.1 Å². The molecule has 0 spiro atoms. The molecule has 0 aliphatic heterocycles. The number of aryl methyl sites for hydroxylation is 3. The van der Waals surface area contributed by atoms with E-state index in [1.807, 2.05) is 24.3 Å². The number of rotatable bonds is 14. The summed E-state index contributed by atoms with van der Waals surface area (Å²) in [5, 5.41) is 0. The predicted molar refractivity (Wildman–Crippen MR) is 139 cm³/mol. The first-order chi connectivity index (χ1) is 17.4. The van der Waals surface area contributed by atoms with E-state index in [2.05, 4.69) is 15.9 Å². The number of imidazole rings is 1. The SMILES string of the molecule is C#CCn1c(=O)c2[nH]c(CCc3ccc(OC)cc3)nc2n(CCCCP(=O)(OCC)OCC)c1=O. The van der Waals surface area contributed by atoms with Crippen LogP contribution in [0.1, 0.15) is 38.1 Å². The lowest BCUT2D eigenvalue weighted by Crippen LogP contribution is -2.40. The summed E-state index contributed by atoms with van der Waals surface area (Å²) in [4.78, 5) is 33.7. The molecule has 0 atom stereocenters. The minimum atomic E-state index is -3.17. The number of H-pyrrole nitrogens is 1. The van der Waals surface area contributed by atoms with Gasteiger partial charge in [-0.2, -0.15) is 0 Å². The molecular weight excluding hydrogens is 483 g/mol. The Morgan fingerprint density at radius 2 is 1.75 bits per heavy atom. The minimum Gasteiger partial charge on any atom is -0.497 e.